The van der Waals surface area contributed by atoms with Gasteiger partial charge in [0.25, 0.3) is 0 Å². The van der Waals surface area contributed by atoms with Gasteiger partial charge >= 0.3 is 5.97 Å². The van der Waals surface area contributed by atoms with E-state index in [0.29, 0.717) is 26.2 Å². The van der Waals surface area contributed by atoms with E-state index in [9.17, 15) is 4.79 Å². The average Bonchev–Trinajstić information content (AvgIpc) is 2.37. The predicted octanol–water partition coefficient (Wildman–Crippen LogP) is 1.75. The van der Waals surface area contributed by atoms with Gasteiger partial charge in [0.2, 0.25) is 0 Å². The maximum Gasteiger partial charge on any atom is 0.326 e. The number of ether oxygens (including phenoxy) is 3. The van der Waals surface area contributed by atoms with Gasteiger partial charge in [-0.05, 0) is 40.2 Å². The molecule has 19 heavy (non-hydrogen) atoms. The first-order valence-electron chi connectivity index (χ1n) is 7.03. The van der Waals surface area contributed by atoms with E-state index in [1.54, 1.807) is 7.11 Å². The Morgan fingerprint density at radius 1 is 1.37 bits per heavy atom. The van der Waals surface area contributed by atoms with Gasteiger partial charge in [-0.25, -0.2) is 0 Å². The van der Waals surface area contributed by atoms with E-state index in [4.69, 9.17) is 14.2 Å². The number of methoxy groups -OCH3 is 1. The van der Waals surface area contributed by atoms with Gasteiger partial charge in [-0.1, -0.05) is 6.92 Å². The molecule has 0 rings (SSSR count). The van der Waals surface area contributed by atoms with Crippen molar-refractivity contribution >= 4 is 5.97 Å². The molecular formula is C14H29NO4. The van der Waals surface area contributed by atoms with Crippen molar-refractivity contribution in [3.63, 3.8) is 0 Å². The number of esters is 1. The van der Waals surface area contributed by atoms with Gasteiger partial charge in [0.1, 0.15) is 5.54 Å². The van der Waals surface area contributed by atoms with E-state index in [2.05, 4.69) is 12.2 Å². The summed E-state index contributed by atoms with van der Waals surface area (Å²) < 4.78 is 15.7. The Morgan fingerprint density at radius 2 is 2.05 bits per heavy atom. The van der Waals surface area contributed by atoms with Crippen molar-refractivity contribution in [3.8, 4) is 0 Å². The lowest BCUT2D eigenvalue weighted by molar-refractivity contribution is -0.151. The molecule has 0 bridgehead atoms. The van der Waals surface area contributed by atoms with E-state index in [-0.39, 0.29) is 12.1 Å². The molecule has 0 heterocycles. The minimum absolute atomic E-state index is 0.0302. The summed E-state index contributed by atoms with van der Waals surface area (Å²) >= 11 is 0. The molecule has 2 unspecified atom stereocenters. The Bertz CT molecular complexity index is 248. The lowest BCUT2D eigenvalue weighted by Crippen LogP contribution is -2.51. The minimum atomic E-state index is -0.682. The van der Waals surface area contributed by atoms with Gasteiger partial charge in [0, 0.05) is 13.7 Å². The van der Waals surface area contributed by atoms with Gasteiger partial charge in [0.05, 0.1) is 19.3 Å². The van der Waals surface area contributed by atoms with E-state index in [1.807, 2.05) is 20.8 Å². The van der Waals surface area contributed by atoms with Gasteiger partial charge in [-0.15, -0.1) is 0 Å². The molecule has 1 N–H and O–H groups in total. The molecule has 0 fully saturated rings. The van der Waals surface area contributed by atoms with E-state index >= 15 is 0 Å². The molecule has 0 radical (unpaired) electrons. The van der Waals surface area contributed by atoms with Crippen molar-refractivity contribution in [1.29, 1.82) is 0 Å². The second-order valence-electron chi connectivity index (χ2n) is 4.87. The number of nitrogens with one attached hydrogen (secondary N) is 1. The first-order chi connectivity index (χ1) is 9.00. The van der Waals surface area contributed by atoms with Crippen LogP contribution in [0.2, 0.25) is 0 Å². The Labute approximate surface area is 117 Å². The number of carbonyl (C=O) groups is 1. The van der Waals surface area contributed by atoms with Crippen LogP contribution in [0.15, 0.2) is 0 Å². The van der Waals surface area contributed by atoms with Crippen LogP contribution in [0.5, 0.6) is 0 Å². The smallest absolute Gasteiger partial charge is 0.326 e. The zero-order valence-corrected chi connectivity index (χ0v) is 13.0. The van der Waals surface area contributed by atoms with Crippen LogP contribution in [0.3, 0.4) is 0 Å². The first kappa shape index (κ1) is 18.4. The van der Waals surface area contributed by atoms with Crippen LogP contribution in [-0.2, 0) is 19.0 Å². The number of rotatable bonds is 11. The normalized spacial score (nSPS) is 15.8. The van der Waals surface area contributed by atoms with Gasteiger partial charge in [-0.2, -0.15) is 0 Å². The summed E-state index contributed by atoms with van der Waals surface area (Å²) in [6.07, 6.45) is 1.58. The van der Waals surface area contributed by atoms with Crippen molar-refractivity contribution in [1.82, 2.24) is 5.32 Å². The average molecular weight is 275 g/mol. The highest BCUT2D eigenvalue weighted by molar-refractivity contribution is 5.80. The summed E-state index contributed by atoms with van der Waals surface area (Å²) in [5.74, 6) is -0.216. The zero-order chi connectivity index (χ0) is 14.7. The number of hydrogen-bond donors (Lipinski definition) is 1. The van der Waals surface area contributed by atoms with E-state index in [1.165, 1.54) is 0 Å². The second kappa shape index (κ2) is 10.2. The third-order valence-corrected chi connectivity index (χ3v) is 2.90. The van der Waals surface area contributed by atoms with Crippen molar-refractivity contribution in [3.05, 3.63) is 0 Å². The molecule has 0 saturated carbocycles. The molecular weight excluding hydrogens is 246 g/mol. The van der Waals surface area contributed by atoms with Crippen LogP contribution in [0.4, 0.5) is 0 Å². The topological polar surface area (TPSA) is 56.8 Å². The van der Waals surface area contributed by atoms with Crippen molar-refractivity contribution < 1.29 is 19.0 Å². The molecule has 5 heteroatoms. The van der Waals surface area contributed by atoms with Crippen LogP contribution < -0.4 is 5.32 Å². The molecule has 0 aromatic heterocycles. The standard InChI is InChI=1S/C14H29NO4/c1-6-9-15-14(4,13(16)18-7-2)8-10-19-12(3)11-17-5/h12,15H,6-11H2,1-5H3. The highest BCUT2D eigenvalue weighted by atomic mass is 16.5. The highest BCUT2D eigenvalue weighted by Gasteiger charge is 2.33. The van der Waals surface area contributed by atoms with Crippen LogP contribution in [0.1, 0.15) is 40.5 Å². The lowest BCUT2D eigenvalue weighted by Gasteiger charge is -2.29. The molecule has 0 aliphatic heterocycles. The fraction of sp³-hybridized carbons (Fsp3) is 0.929. The Hall–Kier alpha value is -0.650. The molecule has 114 valence electrons. The van der Waals surface area contributed by atoms with Gasteiger partial charge in [-0.3, -0.25) is 4.79 Å². The summed E-state index contributed by atoms with van der Waals surface area (Å²) in [5, 5.41) is 3.25. The fourth-order valence-electron chi connectivity index (χ4n) is 1.70. The summed E-state index contributed by atoms with van der Waals surface area (Å²) in [4.78, 5) is 12.0. The van der Waals surface area contributed by atoms with Crippen LogP contribution in [0.25, 0.3) is 0 Å². The molecule has 0 aromatic carbocycles. The second-order valence-corrected chi connectivity index (χ2v) is 4.87. The summed E-state index contributed by atoms with van der Waals surface area (Å²) in [7, 11) is 1.64. The quantitative estimate of drug-likeness (QED) is 0.582. The largest absolute Gasteiger partial charge is 0.465 e. The predicted molar refractivity (Wildman–Crippen MR) is 75.2 cm³/mol. The summed E-state index contributed by atoms with van der Waals surface area (Å²) in [6, 6.07) is 0. The highest BCUT2D eigenvalue weighted by Crippen LogP contribution is 2.13. The van der Waals surface area contributed by atoms with Crippen molar-refractivity contribution in [2.45, 2.75) is 52.2 Å². The molecule has 0 aromatic rings. The molecule has 0 amide bonds. The molecule has 0 aliphatic rings. The van der Waals surface area contributed by atoms with Crippen LogP contribution >= 0.6 is 0 Å². The van der Waals surface area contributed by atoms with Crippen LogP contribution in [-0.4, -0.2) is 51.1 Å². The first-order valence-corrected chi connectivity index (χ1v) is 7.03. The fourth-order valence-corrected chi connectivity index (χ4v) is 1.70. The molecule has 2 atom stereocenters. The third-order valence-electron chi connectivity index (χ3n) is 2.90. The maximum absolute atomic E-state index is 12.0. The monoisotopic (exact) mass is 275 g/mol. The lowest BCUT2D eigenvalue weighted by atomic mass is 9.98. The Kier molecular flexibility index (Phi) is 9.83. The Morgan fingerprint density at radius 3 is 2.58 bits per heavy atom. The Balaban J connectivity index is 4.29. The molecule has 0 spiro atoms. The maximum atomic E-state index is 12.0. The van der Waals surface area contributed by atoms with Crippen molar-refractivity contribution in [2.75, 3.05) is 33.5 Å². The van der Waals surface area contributed by atoms with Crippen molar-refractivity contribution in [2.24, 2.45) is 0 Å². The zero-order valence-electron chi connectivity index (χ0n) is 13.0. The van der Waals surface area contributed by atoms with Crippen LogP contribution in [0, 0.1) is 0 Å². The van der Waals surface area contributed by atoms with Gasteiger partial charge < -0.3 is 19.5 Å². The number of hydrogen-bond acceptors (Lipinski definition) is 5. The molecule has 0 saturated heterocycles. The molecule has 5 nitrogen and oxygen atoms in total. The summed E-state index contributed by atoms with van der Waals surface area (Å²) in [5.41, 5.74) is -0.682. The molecule has 0 aliphatic carbocycles. The van der Waals surface area contributed by atoms with E-state index < -0.39 is 5.54 Å². The summed E-state index contributed by atoms with van der Waals surface area (Å²) in [6.45, 7) is 9.92. The minimum Gasteiger partial charge on any atom is -0.465 e. The van der Waals surface area contributed by atoms with Gasteiger partial charge in [0.15, 0.2) is 0 Å². The van der Waals surface area contributed by atoms with E-state index in [0.717, 1.165) is 13.0 Å². The SMILES string of the molecule is CCCNC(C)(CCOC(C)COC)C(=O)OCC. The number of carbonyl (C=O) groups excluding carboxylic acids is 1. The third kappa shape index (κ3) is 7.50.